The van der Waals surface area contributed by atoms with Crippen molar-refractivity contribution in [2.24, 2.45) is 23.0 Å². The highest BCUT2D eigenvalue weighted by molar-refractivity contribution is 6.06. The number of amides is 2. The molecule has 2 aromatic carbocycles. The zero-order valence-corrected chi connectivity index (χ0v) is 21.5. The molecule has 1 aliphatic rings. The quantitative estimate of drug-likeness (QED) is 0.460. The first-order valence-electron chi connectivity index (χ1n) is 12.6. The molecule has 2 amide bonds. The molecule has 1 fully saturated rings. The molecule has 0 bridgehead atoms. The standard InChI is InChI=1S/C29H33N5O3/c1-29(2,3)26(24(35)13-12-20-14-21(15-20)27(31)36)32-28(37)25-22-6-4-5-7-23(22)34(33-25)17-19-10-8-18(16-30)9-11-19/h4-11,20-21,26H,12-15,17H2,1-3H3,(H2,31,36)(H,32,37). The molecule has 0 spiro atoms. The van der Waals surface area contributed by atoms with Crippen molar-refractivity contribution in [3.8, 4) is 6.07 Å². The lowest BCUT2D eigenvalue weighted by Gasteiger charge is -2.34. The van der Waals surface area contributed by atoms with Gasteiger partial charge in [0.2, 0.25) is 5.91 Å². The number of nitrogens with zero attached hydrogens (tertiary/aromatic N) is 3. The Labute approximate surface area is 216 Å². The van der Waals surface area contributed by atoms with E-state index in [9.17, 15) is 14.4 Å². The number of aromatic nitrogens is 2. The van der Waals surface area contributed by atoms with Crippen molar-refractivity contribution in [3.05, 3.63) is 65.4 Å². The minimum absolute atomic E-state index is 0.0234. The van der Waals surface area contributed by atoms with Crippen molar-refractivity contribution in [2.75, 3.05) is 0 Å². The fourth-order valence-corrected chi connectivity index (χ4v) is 4.95. The first-order chi connectivity index (χ1) is 17.6. The minimum atomic E-state index is -0.672. The van der Waals surface area contributed by atoms with E-state index in [1.807, 2.05) is 57.2 Å². The van der Waals surface area contributed by atoms with E-state index in [4.69, 9.17) is 11.0 Å². The Morgan fingerprint density at radius 2 is 1.81 bits per heavy atom. The SMILES string of the molecule is CC(C)(C)C(NC(=O)c1nn(Cc2ccc(C#N)cc2)c2ccccc12)C(=O)CCC1CC(C(N)=O)C1. The highest BCUT2D eigenvalue weighted by Gasteiger charge is 2.36. The fraction of sp³-hybridized carbons (Fsp3) is 0.414. The lowest BCUT2D eigenvalue weighted by Crippen LogP contribution is -2.49. The van der Waals surface area contributed by atoms with Gasteiger partial charge in [0, 0.05) is 17.7 Å². The normalized spacial score (nSPS) is 18.0. The molecule has 1 unspecified atom stereocenters. The van der Waals surface area contributed by atoms with E-state index in [-0.39, 0.29) is 29.2 Å². The van der Waals surface area contributed by atoms with E-state index in [2.05, 4.69) is 16.5 Å². The van der Waals surface area contributed by atoms with Crippen molar-refractivity contribution in [3.63, 3.8) is 0 Å². The van der Waals surface area contributed by atoms with Gasteiger partial charge in [-0.05, 0) is 54.4 Å². The van der Waals surface area contributed by atoms with Gasteiger partial charge in [0.1, 0.15) is 0 Å². The molecule has 3 aromatic rings. The molecule has 0 saturated heterocycles. The van der Waals surface area contributed by atoms with E-state index >= 15 is 0 Å². The van der Waals surface area contributed by atoms with Crippen LogP contribution in [0.2, 0.25) is 0 Å². The van der Waals surface area contributed by atoms with Crippen LogP contribution in [0.15, 0.2) is 48.5 Å². The number of hydrogen-bond donors (Lipinski definition) is 2. The Bertz CT molecular complexity index is 1350. The lowest BCUT2D eigenvalue weighted by molar-refractivity contribution is -0.126. The predicted octanol–water partition coefficient (Wildman–Crippen LogP) is 3.96. The summed E-state index contributed by atoms with van der Waals surface area (Å²) in [5.74, 6) is -0.441. The lowest BCUT2D eigenvalue weighted by atomic mass is 9.71. The number of primary amides is 1. The molecule has 3 N–H and O–H groups in total. The number of rotatable bonds is 9. The maximum absolute atomic E-state index is 13.5. The molecule has 0 aliphatic heterocycles. The van der Waals surface area contributed by atoms with Crippen molar-refractivity contribution < 1.29 is 14.4 Å². The van der Waals surface area contributed by atoms with Crippen LogP contribution >= 0.6 is 0 Å². The molecule has 1 saturated carbocycles. The molecule has 37 heavy (non-hydrogen) atoms. The van der Waals surface area contributed by atoms with Gasteiger partial charge in [0.15, 0.2) is 11.5 Å². The fourth-order valence-electron chi connectivity index (χ4n) is 4.95. The molecular weight excluding hydrogens is 466 g/mol. The van der Waals surface area contributed by atoms with E-state index in [1.54, 1.807) is 16.8 Å². The summed E-state index contributed by atoms with van der Waals surface area (Å²) in [6.45, 7) is 6.24. The summed E-state index contributed by atoms with van der Waals surface area (Å²) in [5, 5.41) is 17.4. The van der Waals surface area contributed by atoms with E-state index < -0.39 is 11.5 Å². The largest absolute Gasteiger partial charge is 0.369 e. The van der Waals surface area contributed by atoms with Crippen LogP contribution < -0.4 is 11.1 Å². The molecule has 8 nitrogen and oxygen atoms in total. The molecule has 1 atom stereocenters. The van der Waals surface area contributed by atoms with Gasteiger partial charge < -0.3 is 11.1 Å². The molecule has 192 valence electrons. The predicted molar refractivity (Wildman–Crippen MR) is 140 cm³/mol. The van der Waals surface area contributed by atoms with E-state index in [0.717, 1.165) is 23.9 Å². The number of hydrogen-bond acceptors (Lipinski definition) is 5. The number of para-hydroxylation sites is 1. The number of nitriles is 1. The maximum atomic E-state index is 13.5. The number of Topliss-reactive ketones (excluding diaryl/α,β-unsaturated/α-hetero) is 1. The van der Waals surface area contributed by atoms with Crippen LogP contribution in [0.4, 0.5) is 0 Å². The summed E-state index contributed by atoms with van der Waals surface area (Å²) < 4.78 is 1.77. The Balaban J connectivity index is 1.50. The Kier molecular flexibility index (Phi) is 7.44. The second kappa shape index (κ2) is 10.6. The van der Waals surface area contributed by atoms with Crippen molar-refractivity contribution in [1.29, 1.82) is 5.26 Å². The van der Waals surface area contributed by atoms with Gasteiger partial charge in [-0.2, -0.15) is 10.4 Å². The van der Waals surface area contributed by atoms with Crippen LogP contribution in [-0.2, 0) is 16.1 Å². The Hall–Kier alpha value is -3.99. The third-order valence-corrected chi connectivity index (χ3v) is 7.19. The van der Waals surface area contributed by atoms with Crippen molar-refractivity contribution >= 4 is 28.5 Å². The van der Waals surface area contributed by atoms with Gasteiger partial charge in [-0.3, -0.25) is 19.1 Å². The van der Waals surface area contributed by atoms with Gasteiger partial charge in [0.25, 0.3) is 5.91 Å². The third-order valence-electron chi connectivity index (χ3n) is 7.19. The number of carbonyl (C=O) groups excluding carboxylic acids is 3. The number of fused-ring (bicyclic) bond motifs is 1. The summed E-state index contributed by atoms with van der Waals surface area (Å²) in [6, 6.07) is 16.2. The van der Waals surface area contributed by atoms with Crippen LogP contribution in [0.25, 0.3) is 10.9 Å². The van der Waals surface area contributed by atoms with Gasteiger partial charge >= 0.3 is 0 Å². The number of carbonyl (C=O) groups is 3. The van der Waals surface area contributed by atoms with Crippen LogP contribution in [0, 0.1) is 28.6 Å². The van der Waals surface area contributed by atoms with Gasteiger partial charge in [-0.1, -0.05) is 51.1 Å². The molecule has 4 rings (SSSR count). The molecule has 0 radical (unpaired) electrons. The highest BCUT2D eigenvalue weighted by Crippen LogP contribution is 2.37. The highest BCUT2D eigenvalue weighted by atomic mass is 16.2. The van der Waals surface area contributed by atoms with Crippen LogP contribution in [0.3, 0.4) is 0 Å². The van der Waals surface area contributed by atoms with Crippen LogP contribution in [-0.4, -0.2) is 33.4 Å². The molecule has 1 aromatic heterocycles. The zero-order chi connectivity index (χ0) is 26.7. The second-order valence-electron chi connectivity index (χ2n) is 11.0. The van der Waals surface area contributed by atoms with E-state index in [1.165, 1.54) is 0 Å². The third kappa shape index (κ3) is 5.88. The Morgan fingerprint density at radius 3 is 2.43 bits per heavy atom. The van der Waals surface area contributed by atoms with Crippen molar-refractivity contribution in [1.82, 2.24) is 15.1 Å². The monoisotopic (exact) mass is 499 g/mol. The Morgan fingerprint density at radius 1 is 1.14 bits per heavy atom. The second-order valence-corrected chi connectivity index (χ2v) is 11.0. The number of nitrogens with one attached hydrogen (secondary N) is 1. The van der Waals surface area contributed by atoms with Gasteiger partial charge in [-0.15, -0.1) is 0 Å². The average Bonchev–Trinajstić information content (AvgIpc) is 3.19. The summed E-state index contributed by atoms with van der Waals surface area (Å²) in [4.78, 5) is 38.0. The summed E-state index contributed by atoms with van der Waals surface area (Å²) >= 11 is 0. The maximum Gasteiger partial charge on any atom is 0.273 e. The number of benzene rings is 2. The smallest absolute Gasteiger partial charge is 0.273 e. The van der Waals surface area contributed by atoms with E-state index in [0.29, 0.717) is 36.3 Å². The molecule has 1 heterocycles. The topological polar surface area (TPSA) is 131 Å². The minimum Gasteiger partial charge on any atom is -0.369 e. The van der Waals surface area contributed by atoms with Gasteiger partial charge in [0.05, 0.1) is 29.7 Å². The van der Waals surface area contributed by atoms with Crippen LogP contribution in [0.5, 0.6) is 0 Å². The first kappa shape index (κ1) is 26.1. The summed E-state index contributed by atoms with van der Waals surface area (Å²) in [6.07, 6.45) is 2.50. The van der Waals surface area contributed by atoms with Crippen LogP contribution in [0.1, 0.15) is 68.1 Å². The van der Waals surface area contributed by atoms with Gasteiger partial charge in [-0.25, -0.2) is 0 Å². The molecule has 8 heteroatoms. The van der Waals surface area contributed by atoms with Crippen molar-refractivity contribution in [2.45, 2.75) is 59.0 Å². The summed E-state index contributed by atoms with van der Waals surface area (Å²) in [7, 11) is 0. The first-order valence-corrected chi connectivity index (χ1v) is 12.6. The zero-order valence-electron chi connectivity index (χ0n) is 21.5. The number of ketones is 1. The average molecular weight is 500 g/mol. The number of nitrogens with two attached hydrogens (primary N) is 1. The summed E-state index contributed by atoms with van der Waals surface area (Å²) in [5.41, 5.74) is 7.49. The molecular formula is C29H33N5O3. The molecule has 1 aliphatic carbocycles.